The van der Waals surface area contributed by atoms with Crippen molar-refractivity contribution in [2.75, 3.05) is 12.3 Å². The fourth-order valence-electron chi connectivity index (χ4n) is 5.20. The molecule has 1 saturated heterocycles. The molecule has 0 amide bonds. The Balaban J connectivity index is 0.00000370. The molecule has 1 aliphatic heterocycles. The van der Waals surface area contributed by atoms with E-state index in [0.717, 1.165) is 5.57 Å². The van der Waals surface area contributed by atoms with E-state index in [2.05, 4.69) is 20.4 Å². The first-order chi connectivity index (χ1) is 18.4. The molecule has 9 nitrogen and oxygen atoms in total. The summed E-state index contributed by atoms with van der Waals surface area (Å²) in [7, 11) is 0. The summed E-state index contributed by atoms with van der Waals surface area (Å²) in [5, 5.41) is 16.8. The molecule has 3 heterocycles. The summed E-state index contributed by atoms with van der Waals surface area (Å²) in [5.41, 5.74) is 7.40. The van der Waals surface area contributed by atoms with Gasteiger partial charge >= 0.3 is 12.1 Å². The number of aryl methyl sites for hydroxylation is 1. The second-order valence-electron chi connectivity index (χ2n) is 10.0. The number of hydrogen-bond acceptors (Lipinski definition) is 7. The quantitative estimate of drug-likeness (QED) is 0.348. The molecule has 214 valence electrons. The third kappa shape index (κ3) is 6.18. The van der Waals surface area contributed by atoms with Crippen LogP contribution in [0.25, 0.3) is 11.3 Å². The predicted molar refractivity (Wildman–Crippen MR) is 145 cm³/mol. The molecule has 2 aromatic heterocycles. The maximum Gasteiger partial charge on any atom is 0.429 e. The van der Waals surface area contributed by atoms with Crippen molar-refractivity contribution >= 4 is 41.5 Å². The number of nitrogen functional groups attached to an aromatic ring is 1. The second-order valence-corrected chi connectivity index (χ2v) is 10.4. The molecule has 3 aromatic rings. The third-order valence-corrected chi connectivity index (χ3v) is 7.43. The van der Waals surface area contributed by atoms with Crippen LogP contribution in [-0.4, -0.2) is 49.6 Å². The SMILES string of the molecule is Cc1ccn(-c2cc(Cl)ccc2C(Oc2cc(C3=CC[C@@]4(CC3)CN[C@@H](C(=O)O)C4)nc(N)n2)C(F)(F)F)n1.Cl. The molecule has 0 bridgehead atoms. The van der Waals surface area contributed by atoms with E-state index in [9.17, 15) is 23.1 Å². The van der Waals surface area contributed by atoms with Crippen molar-refractivity contribution in [2.45, 2.75) is 50.9 Å². The van der Waals surface area contributed by atoms with Gasteiger partial charge < -0.3 is 20.9 Å². The van der Waals surface area contributed by atoms with Gasteiger partial charge in [-0.15, -0.1) is 12.4 Å². The predicted octanol–water partition coefficient (Wildman–Crippen LogP) is 5.31. The van der Waals surface area contributed by atoms with Gasteiger partial charge in [0.15, 0.2) is 0 Å². The van der Waals surface area contributed by atoms with Gasteiger partial charge in [0.2, 0.25) is 17.9 Å². The Labute approximate surface area is 239 Å². The van der Waals surface area contributed by atoms with Crippen molar-refractivity contribution in [3.63, 3.8) is 0 Å². The van der Waals surface area contributed by atoms with Gasteiger partial charge in [0.25, 0.3) is 0 Å². The molecule has 5 rings (SSSR count). The van der Waals surface area contributed by atoms with E-state index in [1.165, 1.54) is 28.9 Å². The number of anilines is 1. The zero-order valence-corrected chi connectivity index (χ0v) is 22.9. The van der Waals surface area contributed by atoms with Crippen LogP contribution < -0.4 is 15.8 Å². The van der Waals surface area contributed by atoms with Crippen molar-refractivity contribution in [3.05, 3.63) is 64.6 Å². The Morgan fingerprint density at radius 2 is 2.08 bits per heavy atom. The summed E-state index contributed by atoms with van der Waals surface area (Å²) < 4.78 is 49.9. The molecule has 1 unspecified atom stereocenters. The number of hydrogen-bond donors (Lipinski definition) is 3. The second kappa shape index (κ2) is 11.3. The average Bonchev–Trinajstić information content (AvgIpc) is 3.49. The minimum absolute atomic E-state index is 0. The number of alkyl halides is 3. The van der Waals surface area contributed by atoms with Gasteiger partial charge in [0.05, 0.1) is 17.1 Å². The maximum atomic E-state index is 14.4. The number of halogens is 5. The number of aliphatic carboxylic acids is 1. The standard InChI is InChI=1S/C26H26ClF3N6O3.ClH/c1-14-6-9-36(35-14)20-10-16(27)2-3-17(20)22(26(28,29)30)39-21-11-18(33-24(31)34-21)15-4-7-25(8-5-15)12-19(23(37)38)32-13-25;/h2-4,6,9-11,19,22,32H,5,7-8,12-13H2,1H3,(H,37,38)(H2,31,33,34);1H/t19-,22?,25+;/m1./s1. The van der Waals surface area contributed by atoms with Crippen LogP contribution in [0.3, 0.4) is 0 Å². The lowest BCUT2D eigenvalue weighted by Crippen LogP contribution is -2.30. The Bertz CT molecular complexity index is 1450. The molecular weight excluding hydrogens is 572 g/mol. The molecule has 1 aromatic carbocycles. The molecular formula is C26H27Cl2F3N6O3. The number of nitrogens with two attached hydrogens (primary N) is 1. The number of benzene rings is 1. The lowest BCUT2D eigenvalue weighted by atomic mass is 9.73. The molecule has 1 fully saturated rings. The molecule has 2 aliphatic rings. The number of carbonyl (C=O) groups is 1. The molecule has 1 aliphatic carbocycles. The molecule has 3 atom stereocenters. The summed E-state index contributed by atoms with van der Waals surface area (Å²) in [6, 6.07) is 6.42. The van der Waals surface area contributed by atoms with Crippen LogP contribution in [-0.2, 0) is 4.79 Å². The zero-order valence-electron chi connectivity index (χ0n) is 21.3. The van der Waals surface area contributed by atoms with Crippen molar-refractivity contribution in [2.24, 2.45) is 5.41 Å². The van der Waals surface area contributed by atoms with Crippen LogP contribution in [0.15, 0.2) is 42.6 Å². The summed E-state index contributed by atoms with van der Waals surface area (Å²) in [6.45, 7) is 2.31. The Morgan fingerprint density at radius 3 is 2.67 bits per heavy atom. The summed E-state index contributed by atoms with van der Waals surface area (Å²) >= 11 is 6.11. The van der Waals surface area contributed by atoms with Gasteiger partial charge in [-0.3, -0.25) is 4.79 Å². The van der Waals surface area contributed by atoms with Crippen LogP contribution in [0.2, 0.25) is 5.02 Å². The highest BCUT2D eigenvalue weighted by molar-refractivity contribution is 6.30. The number of nitrogens with one attached hydrogen (secondary N) is 1. The number of carboxylic acid groups (broad SMARTS) is 1. The van der Waals surface area contributed by atoms with Crippen molar-refractivity contribution in [3.8, 4) is 11.6 Å². The number of allylic oxidation sites excluding steroid dienone is 2. The van der Waals surface area contributed by atoms with Crippen LogP contribution in [0.1, 0.15) is 48.7 Å². The lowest BCUT2D eigenvalue weighted by Gasteiger charge is -2.31. The monoisotopic (exact) mass is 598 g/mol. The largest absolute Gasteiger partial charge is 0.480 e. The van der Waals surface area contributed by atoms with Crippen molar-refractivity contribution in [1.29, 1.82) is 0 Å². The van der Waals surface area contributed by atoms with E-state index < -0.39 is 24.3 Å². The van der Waals surface area contributed by atoms with E-state index in [1.807, 2.05) is 6.08 Å². The maximum absolute atomic E-state index is 14.4. The molecule has 4 N–H and O–H groups in total. The first kappa shape index (κ1) is 29.6. The smallest absolute Gasteiger partial charge is 0.429 e. The average molecular weight is 599 g/mol. The molecule has 1 spiro atoms. The van der Waals surface area contributed by atoms with Crippen LogP contribution in [0.5, 0.6) is 5.88 Å². The van der Waals surface area contributed by atoms with Crippen molar-refractivity contribution in [1.82, 2.24) is 25.1 Å². The number of rotatable bonds is 6. The van der Waals surface area contributed by atoms with Gasteiger partial charge in [0, 0.05) is 29.4 Å². The van der Waals surface area contributed by atoms with E-state index in [0.29, 0.717) is 43.6 Å². The van der Waals surface area contributed by atoms with E-state index in [-0.39, 0.29) is 45.9 Å². The summed E-state index contributed by atoms with van der Waals surface area (Å²) in [6.07, 6.45) is -1.32. The fraction of sp³-hybridized carbons (Fsp3) is 0.385. The minimum atomic E-state index is -4.81. The number of aromatic nitrogens is 4. The molecule has 14 heteroatoms. The van der Waals surface area contributed by atoms with E-state index in [4.69, 9.17) is 22.1 Å². The van der Waals surface area contributed by atoms with Crippen LogP contribution in [0, 0.1) is 12.3 Å². The Hall–Kier alpha value is -3.35. The number of nitrogens with zero attached hydrogens (tertiary/aromatic N) is 4. The molecule has 0 saturated carbocycles. The lowest BCUT2D eigenvalue weighted by molar-refractivity contribution is -0.198. The highest BCUT2D eigenvalue weighted by Gasteiger charge is 2.45. The summed E-state index contributed by atoms with van der Waals surface area (Å²) in [5.74, 6) is -1.43. The van der Waals surface area contributed by atoms with Gasteiger partial charge in [-0.2, -0.15) is 23.3 Å². The Kier molecular flexibility index (Phi) is 8.34. The van der Waals surface area contributed by atoms with Gasteiger partial charge in [-0.1, -0.05) is 23.7 Å². The number of carboxylic acids is 1. The van der Waals surface area contributed by atoms with Crippen molar-refractivity contribution < 1.29 is 27.8 Å². The van der Waals surface area contributed by atoms with Crippen LogP contribution in [0.4, 0.5) is 19.1 Å². The first-order valence-electron chi connectivity index (χ1n) is 12.3. The van der Waals surface area contributed by atoms with E-state index in [1.54, 1.807) is 19.2 Å². The zero-order chi connectivity index (χ0) is 27.9. The highest BCUT2D eigenvalue weighted by Crippen LogP contribution is 2.45. The van der Waals surface area contributed by atoms with Gasteiger partial charge in [0.1, 0.15) is 6.04 Å². The normalized spacial score (nSPS) is 21.5. The first-order valence-corrected chi connectivity index (χ1v) is 12.7. The number of ether oxygens (including phenoxy) is 1. The third-order valence-electron chi connectivity index (χ3n) is 7.19. The highest BCUT2D eigenvalue weighted by atomic mass is 35.5. The Morgan fingerprint density at radius 1 is 1.30 bits per heavy atom. The fourth-order valence-corrected chi connectivity index (χ4v) is 5.36. The van der Waals surface area contributed by atoms with Gasteiger partial charge in [-0.05, 0) is 61.8 Å². The summed E-state index contributed by atoms with van der Waals surface area (Å²) in [4.78, 5) is 19.5. The molecule has 40 heavy (non-hydrogen) atoms. The van der Waals surface area contributed by atoms with Gasteiger partial charge in [-0.25, -0.2) is 9.67 Å². The van der Waals surface area contributed by atoms with E-state index >= 15 is 0 Å². The van der Waals surface area contributed by atoms with Crippen LogP contribution >= 0.6 is 24.0 Å². The minimum Gasteiger partial charge on any atom is -0.480 e. The molecule has 0 radical (unpaired) electrons. The topological polar surface area (TPSA) is 128 Å².